The molecule has 1 aliphatic heterocycles. The first-order valence-corrected chi connectivity index (χ1v) is 15.2. The van der Waals surface area contributed by atoms with Crippen LogP contribution in [0.15, 0.2) is 22.0 Å². The second-order valence-electron chi connectivity index (χ2n) is 11.1. The number of hydrogen-bond acceptors (Lipinski definition) is 6. The molecule has 1 fully saturated rings. The predicted octanol–water partition coefficient (Wildman–Crippen LogP) is 5.17. The number of nitrogens with one attached hydrogen (secondary N) is 1. The number of aliphatic imine (C=N–C) groups is 1. The van der Waals surface area contributed by atoms with Crippen molar-refractivity contribution in [3.63, 3.8) is 0 Å². The number of nitrogens with zero attached hydrogens (tertiary/aromatic N) is 2. The molecule has 1 amide bonds. The van der Waals surface area contributed by atoms with Crippen LogP contribution >= 0.6 is 11.9 Å². The second kappa shape index (κ2) is 18.3. The van der Waals surface area contributed by atoms with Crippen LogP contribution < -0.4 is 16.2 Å². The molecule has 0 bridgehead atoms. The van der Waals surface area contributed by atoms with E-state index in [-0.39, 0.29) is 23.8 Å². The summed E-state index contributed by atoms with van der Waals surface area (Å²) >= 11 is 1.58. The number of hydrogen-bond donors (Lipinski definition) is 3. The van der Waals surface area contributed by atoms with Gasteiger partial charge in [0.05, 0.1) is 6.04 Å². The van der Waals surface area contributed by atoms with Crippen LogP contribution in [0.5, 0.6) is 0 Å². The molecular weight excluding hydrogens is 510 g/mol. The molecule has 5 N–H and O–H groups in total. The van der Waals surface area contributed by atoms with Gasteiger partial charge in [0.25, 0.3) is 0 Å². The summed E-state index contributed by atoms with van der Waals surface area (Å²) in [4.78, 5) is 31.8. The number of nitrogens with two attached hydrogens (primary N) is 2. The highest BCUT2D eigenvalue weighted by molar-refractivity contribution is 7.97. The number of carbonyl (C=O) groups excluding carboxylic acids is 2. The van der Waals surface area contributed by atoms with Crippen molar-refractivity contribution in [1.82, 2.24) is 9.62 Å². The summed E-state index contributed by atoms with van der Waals surface area (Å²) in [7, 11) is 1.68. The highest BCUT2D eigenvalue weighted by atomic mass is 32.2. The number of piperidine rings is 1. The van der Waals surface area contributed by atoms with E-state index in [0.29, 0.717) is 50.2 Å². The van der Waals surface area contributed by atoms with Gasteiger partial charge < -0.3 is 25.9 Å². The average molecular weight is 564 g/mol. The van der Waals surface area contributed by atoms with Crippen LogP contribution in [-0.4, -0.2) is 62.4 Å². The molecule has 1 heterocycles. The predicted molar refractivity (Wildman–Crippen MR) is 164 cm³/mol. The third-order valence-corrected chi connectivity index (χ3v) is 8.04. The number of likely N-dealkylation sites (tertiary alicyclic amines) is 1. The standard InChI is InChI=1S/C27H45N5O2S.C3H8O/c1-17(2)21-14-22(18(3)4)25(23(15-21)19(5)6)35-31-24(8-7-11-30-27(28)29)26(34)32-12-9-20(16-33)10-13-32;1-3-4-2/h14-20,24,31H,7-13H2,1-6H3,(H4,28,29,30);3H2,1-2H3. The smallest absolute Gasteiger partial charge is 0.240 e. The second-order valence-corrected chi connectivity index (χ2v) is 11.9. The van der Waals surface area contributed by atoms with E-state index >= 15 is 0 Å². The molecular formula is C30H53N5O3S. The maximum Gasteiger partial charge on any atom is 0.240 e. The monoisotopic (exact) mass is 563 g/mol. The van der Waals surface area contributed by atoms with Gasteiger partial charge in [-0.25, -0.2) is 4.72 Å². The Hall–Kier alpha value is -2.10. The van der Waals surface area contributed by atoms with E-state index in [1.165, 1.54) is 21.6 Å². The summed E-state index contributed by atoms with van der Waals surface area (Å²) in [6.07, 6.45) is 3.81. The van der Waals surface area contributed by atoms with Gasteiger partial charge in [-0.15, -0.1) is 0 Å². The summed E-state index contributed by atoms with van der Waals surface area (Å²) in [5, 5.41) is 0. The van der Waals surface area contributed by atoms with Crippen molar-refractivity contribution >= 4 is 30.1 Å². The topological polar surface area (TPSA) is 123 Å². The minimum atomic E-state index is -0.355. The van der Waals surface area contributed by atoms with Crippen molar-refractivity contribution in [1.29, 1.82) is 0 Å². The summed E-state index contributed by atoms with van der Waals surface area (Å²) in [6, 6.07) is 4.29. The summed E-state index contributed by atoms with van der Waals surface area (Å²) in [5.41, 5.74) is 14.9. The lowest BCUT2D eigenvalue weighted by Gasteiger charge is -2.33. The highest BCUT2D eigenvalue weighted by Crippen LogP contribution is 2.37. The van der Waals surface area contributed by atoms with Gasteiger partial charge in [-0.05, 0) is 79.0 Å². The number of benzene rings is 1. The molecule has 222 valence electrons. The Morgan fingerprint density at radius 1 is 1.10 bits per heavy atom. The zero-order chi connectivity index (χ0) is 29.5. The molecule has 0 aliphatic carbocycles. The van der Waals surface area contributed by atoms with Crippen molar-refractivity contribution in [2.45, 2.75) is 103 Å². The molecule has 1 aromatic carbocycles. The fourth-order valence-corrected chi connectivity index (χ4v) is 5.65. The van der Waals surface area contributed by atoms with E-state index in [4.69, 9.17) is 11.5 Å². The third kappa shape index (κ3) is 11.9. The van der Waals surface area contributed by atoms with Gasteiger partial charge in [0.1, 0.15) is 6.29 Å². The molecule has 0 aromatic heterocycles. The van der Waals surface area contributed by atoms with E-state index < -0.39 is 0 Å². The van der Waals surface area contributed by atoms with Crippen LogP contribution in [0, 0.1) is 5.92 Å². The van der Waals surface area contributed by atoms with Gasteiger partial charge in [0.15, 0.2) is 5.96 Å². The minimum Gasteiger partial charge on any atom is -0.385 e. The minimum absolute atomic E-state index is 0.0587. The molecule has 1 aliphatic rings. The summed E-state index contributed by atoms with van der Waals surface area (Å²) in [6.45, 7) is 17.9. The van der Waals surface area contributed by atoms with Gasteiger partial charge >= 0.3 is 0 Å². The number of ether oxygens (including phenoxy) is 1. The number of guanidine groups is 1. The van der Waals surface area contributed by atoms with E-state index in [0.717, 1.165) is 25.7 Å². The van der Waals surface area contributed by atoms with Crippen LogP contribution in [-0.2, 0) is 14.3 Å². The number of amides is 1. The molecule has 1 saturated heterocycles. The third-order valence-electron chi connectivity index (χ3n) is 6.96. The lowest BCUT2D eigenvalue weighted by Crippen LogP contribution is -2.48. The van der Waals surface area contributed by atoms with Crippen LogP contribution in [0.2, 0.25) is 0 Å². The molecule has 0 spiro atoms. The largest absolute Gasteiger partial charge is 0.385 e. The van der Waals surface area contributed by atoms with E-state index in [1.807, 2.05) is 11.8 Å². The van der Waals surface area contributed by atoms with Gasteiger partial charge in [-0.1, -0.05) is 53.7 Å². The zero-order valence-corrected chi connectivity index (χ0v) is 26.3. The van der Waals surface area contributed by atoms with Gasteiger partial charge in [-0.2, -0.15) is 0 Å². The quantitative estimate of drug-likeness (QED) is 0.0995. The van der Waals surface area contributed by atoms with Crippen LogP contribution in [0.1, 0.15) is 109 Å². The Balaban J connectivity index is 0.00000177. The Kier molecular flexibility index (Phi) is 16.4. The van der Waals surface area contributed by atoms with E-state index in [2.05, 4.69) is 68.1 Å². The number of carbonyl (C=O) groups is 2. The highest BCUT2D eigenvalue weighted by Gasteiger charge is 2.29. The lowest BCUT2D eigenvalue weighted by molar-refractivity contribution is -0.135. The zero-order valence-electron chi connectivity index (χ0n) is 25.5. The maximum absolute atomic E-state index is 13.5. The fourth-order valence-electron chi connectivity index (χ4n) is 4.35. The molecule has 2 rings (SSSR count). The maximum atomic E-state index is 13.5. The first-order chi connectivity index (χ1) is 18.5. The average Bonchev–Trinajstić information content (AvgIpc) is 2.91. The van der Waals surface area contributed by atoms with Crippen LogP contribution in [0.4, 0.5) is 0 Å². The van der Waals surface area contributed by atoms with E-state index in [9.17, 15) is 9.59 Å². The molecule has 0 saturated carbocycles. The summed E-state index contributed by atoms with van der Waals surface area (Å²) in [5.74, 6) is 1.41. The van der Waals surface area contributed by atoms with Crippen molar-refractivity contribution in [2.24, 2.45) is 22.4 Å². The molecule has 1 aromatic rings. The molecule has 39 heavy (non-hydrogen) atoms. The number of aldehydes is 1. The molecule has 1 atom stereocenters. The number of methoxy groups -OCH3 is 1. The normalized spacial score (nSPS) is 14.8. The first kappa shape index (κ1) is 34.9. The van der Waals surface area contributed by atoms with Crippen LogP contribution in [0.25, 0.3) is 0 Å². The Morgan fingerprint density at radius 2 is 1.64 bits per heavy atom. The molecule has 0 radical (unpaired) electrons. The Bertz CT molecular complexity index is 877. The summed E-state index contributed by atoms with van der Waals surface area (Å²) < 4.78 is 8.07. The molecule has 9 heteroatoms. The Morgan fingerprint density at radius 3 is 2.05 bits per heavy atom. The van der Waals surface area contributed by atoms with Gasteiger partial charge in [-0.3, -0.25) is 9.79 Å². The SMILES string of the molecule is CC(C)c1cc(C(C)C)c(SNC(CCCN=C(N)N)C(=O)N2CCC(C=O)CC2)c(C(C)C)c1.CCOC. The Labute approximate surface area is 241 Å². The van der Waals surface area contributed by atoms with Gasteiger partial charge in [0.2, 0.25) is 5.91 Å². The van der Waals surface area contributed by atoms with Crippen molar-refractivity contribution in [3.8, 4) is 0 Å². The fraction of sp³-hybridized carbons (Fsp3) is 0.700. The van der Waals surface area contributed by atoms with Crippen molar-refractivity contribution in [2.75, 3.05) is 33.4 Å². The molecule has 1 unspecified atom stereocenters. The van der Waals surface area contributed by atoms with Gasteiger partial charge in [0, 0.05) is 44.2 Å². The van der Waals surface area contributed by atoms with Crippen LogP contribution in [0.3, 0.4) is 0 Å². The van der Waals surface area contributed by atoms with Crippen molar-refractivity contribution in [3.05, 3.63) is 28.8 Å². The first-order valence-electron chi connectivity index (χ1n) is 14.3. The number of rotatable bonds is 13. The lowest BCUT2D eigenvalue weighted by atomic mass is 9.89. The van der Waals surface area contributed by atoms with E-state index in [1.54, 1.807) is 19.1 Å². The molecule has 8 nitrogen and oxygen atoms in total. The van der Waals surface area contributed by atoms with Crippen molar-refractivity contribution < 1.29 is 14.3 Å².